The van der Waals surface area contributed by atoms with E-state index < -0.39 is 17.8 Å². The lowest BCUT2D eigenvalue weighted by molar-refractivity contribution is 0.0596. The summed E-state index contributed by atoms with van der Waals surface area (Å²) in [6, 6.07) is 7.67. The predicted octanol–water partition coefficient (Wildman–Crippen LogP) is 3.20. The van der Waals surface area contributed by atoms with E-state index in [2.05, 4.69) is 26.1 Å². The van der Waals surface area contributed by atoms with E-state index in [1.807, 2.05) is 6.07 Å². The Bertz CT molecular complexity index is 1020. The van der Waals surface area contributed by atoms with Gasteiger partial charge in [-0.05, 0) is 31.5 Å². The van der Waals surface area contributed by atoms with Crippen LogP contribution in [-0.4, -0.2) is 29.0 Å². The molecule has 25 heavy (non-hydrogen) atoms. The number of carbonyl (C=O) groups is 1. The van der Waals surface area contributed by atoms with Crippen LogP contribution >= 0.6 is 0 Å². The van der Waals surface area contributed by atoms with E-state index in [4.69, 9.17) is 11.3 Å². The highest BCUT2D eigenvalue weighted by atomic mass is 16.5. The highest BCUT2D eigenvalue weighted by Crippen LogP contribution is 2.40. The molecule has 1 N–H and O–H groups in total. The maximum Gasteiger partial charge on any atom is 0.359 e. The maximum absolute atomic E-state index is 11.9. The Labute approximate surface area is 144 Å². The van der Waals surface area contributed by atoms with E-state index >= 15 is 0 Å². The molecule has 2 atom stereocenters. The molecule has 1 aromatic heterocycles. The largest absolute Gasteiger partial charge is 0.464 e. The Hall–Kier alpha value is -3.45. The number of allylic oxidation sites excluding steroid dienone is 2. The molecule has 0 saturated carbocycles. The molecule has 3 rings (SSSR count). The van der Waals surface area contributed by atoms with E-state index in [1.54, 1.807) is 26.0 Å². The fourth-order valence-electron chi connectivity index (χ4n) is 3.16. The Morgan fingerprint density at radius 2 is 2.20 bits per heavy atom. The highest BCUT2D eigenvalue weighted by Gasteiger charge is 2.34. The van der Waals surface area contributed by atoms with Crippen molar-refractivity contribution < 1.29 is 9.53 Å². The fraction of sp³-hybridized carbons (Fsp3) is 0.278. The van der Waals surface area contributed by atoms with E-state index in [9.17, 15) is 10.1 Å². The van der Waals surface area contributed by atoms with Gasteiger partial charge in [0.25, 0.3) is 0 Å². The van der Waals surface area contributed by atoms with Gasteiger partial charge in [-0.1, -0.05) is 6.07 Å². The molecule has 0 radical (unpaired) electrons. The smallest absolute Gasteiger partial charge is 0.359 e. The van der Waals surface area contributed by atoms with Crippen LogP contribution in [0.3, 0.4) is 0 Å². The SMILES string of the molecule is [C-]#[N+]C1=C(C)N=C(C)C(C#N)C1c1ccc2[nH]nc(C(=O)OC)c2c1. The average Bonchev–Trinajstić information content (AvgIpc) is 3.03. The first-order chi connectivity index (χ1) is 12.0. The van der Waals surface area contributed by atoms with Crippen molar-refractivity contribution in [1.82, 2.24) is 10.2 Å². The molecule has 0 amide bonds. The number of rotatable bonds is 2. The molecule has 2 aromatic rings. The summed E-state index contributed by atoms with van der Waals surface area (Å²) >= 11 is 0. The molecule has 0 saturated heterocycles. The van der Waals surface area contributed by atoms with Gasteiger partial charge in [-0.15, -0.1) is 0 Å². The van der Waals surface area contributed by atoms with Crippen LogP contribution in [0.5, 0.6) is 0 Å². The average molecular weight is 333 g/mol. The van der Waals surface area contributed by atoms with Crippen molar-refractivity contribution in [1.29, 1.82) is 5.26 Å². The summed E-state index contributed by atoms with van der Waals surface area (Å²) in [5.41, 5.74) is 3.37. The lowest BCUT2D eigenvalue weighted by Gasteiger charge is -2.26. The van der Waals surface area contributed by atoms with Crippen LogP contribution < -0.4 is 0 Å². The minimum absolute atomic E-state index is 0.180. The number of nitrogens with one attached hydrogen (secondary N) is 1. The van der Waals surface area contributed by atoms with Crippen LogP contribution in [0, 0.1) is 23.8 Å². The van der Waals surface area contributed by atoms with E-state index in [0.717, 1.165) is 5.56 Å². The first kappa shape index (κ1) is 16.4. The molecule has 0 bridgehead atoms. The monoisotopic (exact) mass is 333 g/mol. The van der Waals surface area contributed by atoms with Crippen LogP contribution in [0.15, 0.2) is 34.6 Å². The van der Waals surface area contributed by atoms with Crippen molar-refractivity contribution >= 4 is 22.6 Å². The predicted molar refractivity (Wildman–Crippen MR) is 91.7 cm³/mol. The van der Waals surface area contributed by atoms with Crippen molar-refractivity contribution in [2.24, 2.45) is 10.9 Å². The normalized spacial score (nSPS) is 20.0. The quantitative estimate of drug-likeness (QED) is 0.674. The van der Waals surface area contributed by atoms with Gasteiger partial charge >= 0.3 is 5.97 Å². The number of aromatic amines is 1. The molecule has 1 aliphatic heterocycles. The number of carbonyl (C=O) groups excluding carboxylic acids is 1. The Morgan fingerprint density at radius 1 is 1.44 bits per heavy atom. The number of benzene rings is 1. The van der Waals surface area contributed by atoms with E-state index in [-0.39, 0.29) is 5.69 Å². The van der Waals surface area contributed by atoms with Crippen LogP contribution in [-0.2, 0) is 4.74 Å². The van der Waals surface area contributed by atoms with Gasteiger partial charge in [0.2, 0.25) is 0 Å². The summed E-state index contributed by atoms with van der Waals surface area (Å²) in [7, 11) is 1.29. The summed E-state index contributed by atoms with van der Waals surface area (Å²) in [4.78, 5) is 19.8. The lowest BCUT2D eigenvalue weighted by atomic mass is 9.79. The van der Waals surface area contributed by atoms with Gasteiger partial charge in [0.15, 0.2) is 11.4 Å². The first-order valence-corrected chi connectivity index (χ1v) is 7.61. The van der Waals surface area contributed by atoms with Crippen LogP contribution in [0.25, 0.3) is 15.7 Å². The number of esters is 1. The number of methoxy groups -OCH3 is 1. The lowest BCUT2D eigenvalue weighted by Crippen LogP contribution is -2.24. The second-order valence-electron chi connectivity index (χ2n) is 5.79. The van der Waals surface area contributed by atoms with Gasteiger partial charge in [-0.2, -0.15) is 10.4 Å². The topological polar surface area (TPSA) is 95.5 Å². The summed E-state index contributed by atoms with van der Waals surface area (Å²) in [5.74, 6) is -1.50. The molecule has 1 aromatic carbocycles. The van der Waals surface area contributed by atoms with Crippen molar-refractivity contribution in [3.63, 3.8) is 0 Å². The number of aliphatic imine (C=N–C) groups is 1. The minimum Gasteiger partial charge on any atom is -0.464 e. The Morgan fingerprint density at radius 3 is 2.84 bits per heavy atom. The Kier molecular flexibility index (Phi) is 4.08. The summed E-state index contributed by atoms with van der Waals surface area (Å²) in [6.45, 7) is 11.1. The summed E-state index contributed by atoms with van der Waals surface area (Å²) in [6.07, 6.45) is 0. The number of nitrogens with zero attached hydrogens (tertiary/aromatic N) is 4. The second kappa shape index (κ2) is 6.21. The fourth-order valence-corrected chi connectivity index (χ4v) is 3.16. The number of aromatic nitrogens is 2. The summed E-state index contributed by atoms with van der Waals surface area (Å²) in [5, 5.41) is 17.0. The number of hydrogen-bond acceptors (Lipinski definition) is 5. The molecule has 124 valence electrons. The van der Waals surface area contributed by atoms with Gasteiger partial charge < -0.3 is 4.74 Å². The zero-order chi connectivity index (χ0) is 18.1. The molecule has 2 heterocycles. The minimum atomic E-state index is -0.543. The third kappa shape index (κ3) is 2.56. The molecule has 2 unspecified atom stereocenters. The van der Waals surface area contributed by atoms with Crippen molar-refractivity contribution in [2.75, 3.05) is 7.11 Å². The van der Waals surface area contributed by atoms with Gasteiger partial charge in [0, 0.05) is 22.7 Å². The van der Waals surface area contributed by atoms with Crippen molar-refractivity contribution in [3.05, 3.63) is 52.3 Å². The standard InChI is InChI=1S/C18H15N5O2/c1-9-13(8-19)15(16(20-3)10(2)21-9)11-5-6-14-12(7-11)17(23-22-14)18(24)25-4/h5-7,13,15H,1-2,4H3,(H,22,23). The van der Waals surface area contributed by atoms with Gasteiger partial charge in [-0.3, -0.25) is 10.1 Å². The highest BCUT2D eigenvalue weighted by molar-refractivity contribution is 6.02. The Balaban J connectivity index is 2.21. The first-order valence-electron chi connectivity index (χ1n) is 7.61. The third-order valence-electron chi connectivity index (χ3n) is 4.38. The molecule has 7 nitrogen and oxygen atoms in total. The molecule has 0 fully saturated rings. The second-order valence-corrected chi connectivity index (χ2v) is 5.79. The number of hydrogen-bond donors (Lipinski definition) is 1. The van der Waals surface area contributed by atoms with Crippen molar-refractivity contribution in [3.8, 4) is 6.07 Å². The number of fused-ring (bicyclic) bond motifs is 1. The third-order valence-corrected chi connectivity index (χ3v) is 4.38. The van der Waals surface area contributed by atoms with Crippen LogP contribution in [0.4, 0.5) is 0 Å². The molecule has 1 aliphatic rings. The van der Waals surface area contributed by atoms with Crippen LogP contribution in [0.2, 0.25) is 0 Å². The van der Waals surface area contributed by atoms with Crippen LogP contribution in [0.1, 0.15) is 35.8 Å². The summed E-state index contributed by atoms with van der Waals surface area (Å²) < 4.78 is 4.76. The van der Waals surface area contributed by atoms with Gasteiger partial charge in [-0.25, -0.2) is 9.64 Å². The van der Waals surface area contributed by atoms with Crippen molar-refractivity contribution in [2.45, 2.75) is 19.8 Å². The number of nitriles is 1. The zero-order valence-electron chi connectivity index (χ0n) is 14.0. The molecular weight excluding hydrogens is 318 g/mol. The van der Waals surface area contributed by atoms with Gasteiger partial charge in [0.05, 0.1) is 31.2 Å². The van der Waals surface area contributed by atoms with Gasteiger partial charge in [0.1, 0.15) is 0 Å². The molecular formula is C18H15N5O2. The maximum atomic E-state index is 11.9. The van der Waals surface area contributed by atoms with E-state index in [0.29, 0.717) is 28.0 Å². The molecule has 0 spiro atoms. The van der Waals surface area contributed by atoms with E-state index in [1.165, 1.54) is 7.11 Å². The zero-order valence-corrected chi connectivity index (χ0v) is 14.0. The molecule has 0 aliphatic carbocycles. The molecule has 7 heteroatoms. The number of H-pyrrole nitrogens is 1. The number of ether oxygens (including phenoxy) is 1.